The van der Waals surface area contributed by atoms with Crippen molar-refractivity contribution in [3.05, 3.63) is 6.33 Å². The van der Waals surface area contributed by atoms with Crippen LogP contribution in [0.15, 0.2) is 16.5 Å². The van der Waals surface area contributed by atoms with E-state index in [1.807, 2.05) is 0 Å². The number of hydrogen-bond acceptors (Lipinski definition) is 6. The third-order valence-electron chi connectivity index (χ3n) is 2.13. The van der Waals surface area contributed by atoms with Crippen molar-refractivity contribution >= 4 is 23.7 Å². The van der Waals surface area contributed by atoms with Crippen LogP contribution in [0.2, 0.25) is 0 Å². The Morgan fingerprint density at radius 1 is 1.41 bits per heavy atom. The highest BCUT2D eigenvalue weighted by Crippen LogP contribution is 2.16. The summed E-state index contributed by atoms with van der Waals surface area (Å²) in [5.74, 6) is 0.328. The molecule has 0 aliphatic heterocycles. The Kier molecular flexibility index (Phi) is 7.38. The molecule has 0 aromatic carbocycles. The molecule has 1 aromatic heterocycles. The van der Waals surface area contributed by atoms with Gasteiger partial charge in [-0.2, -0.15) is 23.4 Å². The molecule has 1 rings (SSSR count). The summed E-state index contributed by atoms with van der Waals surface area (Å²) in [5, 5.41) is 11.2. The Hall–Kier alpha value is -2.09. The maximum atomic E-state index is 12.0. The number of thioether (sulfide) groups is 1. The summed E-state index contributed by atoms with van der Waals surface area (Å²) in [6.07, 6.45) is -1.07. The van der Waals surface area contributed by atoms with Gasteiger partial charge in [-0.1, -0.05) is 11.8 Å². The Morgan fingerprint density at radius 3 is 2.86 bits per heavy atom. The second-order valence-electron chi connectivity index (χ2n) is 4.00. The molecule has 11 heteroatoms. The van der Waals surface area contributed by atoms with Crippen molar-refractivity contribution in [2.24, 2.45) is 10.7 Å². The molecule has 0 amide bonds. The van der Waals surface area contributed by atoms with Gasteiger partial charge in [-0.3, -0.25) is 5.32 Å². The molecule has 22 heavy (non-hydrogen) atoms. The molecule has 0 radical (unpaired) electrons. The topological polar surface area (TPSA) is 113 Å². The summed E-state index contributed by atoms with van der Waals surface area (Å²) < 4.78 is 36.0. The van der Waals surface area contributed by atoms with Crippen LogP contribution in [0.5, 0.6) is 0 Å². The number of guanidine groups is 1. The van der Waals surface area contributed by atoms with Crippen LogP contribution in [0.3, 0.4) is 0 Å². The number of halogens is 3. The standard InChI is InChI=1S/C11H14F3N7S/c12-11(13,14)6-17-8(16)20-9-18-7-19-10(21-9)22-5-3-1-2-4-15/h7H,1-3,5-6H2,(H3,16,17,18,19,20,21). The monoisotopic (exact) mass is 333 g/mol. The summed E-state index contributed by atoms with van der Waals surface area (Å²) in [6, 6.07) is 2.05. The van der Waals surface area contributed by atoms with Gasteiger partial charge in [0.25, 0.3) is 0 Å². The van der Waals surface area contributed by atoms with E-state index in [-0.39, 0.29) is 5.95 Å². The molecule has 1 aromatic rings. The summed E-state index contributed by atoms with van der Waals surface area (Å²) in [4.78, 5) is 14.8. The van der Waals surface area contributed by atoms with Gasteiger partial charge in [-0.15, -0.1) is 0 Å². The number of aromatic nitrogens is 3. The van der Waals surface area contributed by atoms with Crippen molar-refractivity contribution < 1.29 is 13.2 Å². The third kappa shape index (κ3) is 8.25. The van der Waals surface area contributed by atoms with E-state index in [0.29, 0.717) is 11.6 Å². The van der Waals surface area contributed by atoms with Gasteiger partial charge in [0.1, 0.15) is 12.9 Å². The molecule has 1 heterocycles. The van der Waals surface area contributed by atoms with Crippen molar-refractivity contribution in [3.8, 4) is 6.07 Å². The minimum atomic E-state index is -4.42. The predicted molar refractivity (Wildman–Crippen MR) is 76.2 cm³/mol. The van der Waals surface area contributed by atoms with Crippen LogP contribution < -0.4 is 11.1 Å². The molecular formula is C11H14F3N7S. The number of nitrogens with two attached hydrogens (primary N) is 1. The van der Waals surface area contributed by atoms with E-state index in [4.69, 9.17) is 11.0 Å². The fraction of sp³-hybridized carbons (Fsp3) is 0.545. The lowest BCUT2D eigenvalue weighted by Crippen LogP contribution is -2.26. The maximum Gasteiger partial charge on any atom is 0.408 e. The summed E-state index contributed by atoms with van der Waals surface area (Å²) in [6.45, 7) is -1.38. The van der Waals surface area contributed by atoms with Gasteiger partial charge in [-0.05, 0) is 12.8 Å². The number of nitrogens with one attached hydrogen (secondary N) is 1. The van der Waals surface area contributed by atoms with Crippen molar-refractivity contribution in [2.45, 2.75) is 30.6 Å². The first-order valence-electron chi connectivity index (χ1n) is 6.23. The lowest BCUT2D eigenvalue weighted by Gasteiger charge is -2.06. The highest BCUT2D eigenvalue weighted by Gasteiger charge is 2.26. The Balaban J connectivity index is 2.48. The number of hydrogen-bond donors (Lipinski definition) is 2. The third-order valence-corrected chi connectivity index (χ3v) is 3.08. The highest BCUT2D eigenvalue weighted by molar-refractivity contribution is 7.99. The average Bonchev–Trinajstić information content (AvgIpc) is 2.45. The van der Waals surface area contributed by atoms with Gasteiger partial charge < -0.3 is 5.73 Å². The van der Waals surface area contributed by atoms with E-state index in [0.717, 1.165) is 18.6 Å². The van der Waals surface area contributed by atoms with Gasteiger partial charge in [0.05, 0.1) is 6.07 Å². The molecule has 0 aliphatic rings. The second kappa shape index (κ2) is 9.04. The Bertz CT molecular complexity index is 541. The smallest absolute Gasteiger partial charge is 0.370 e. The van der Waals surface area contributed by atoms with Gasteiger partial charge in [0.2, 0.25) is 5.95 Å². The zero-order valence-electron chi connectivity index (χ0n) is 11.5. The molecule has 0 saturated heterocycles. The molecular weight excluding hydrogens is 319 g/mol. The number of nitrogens with zero attached hydrogens (tertiary/aromatic N) is 5. The maximum absolute atomic E-state index is 12.0. The molecule has 0 aliphatic carbocycles. The SMILES string of the molecule is N#CCCCCSc1ncnc(NC(N)=NCC(F)(F)F)n1. The van der Waals surface area contributed by atoms with E-state index >= 15 is 0 Å². The first kappa shape index (κ1) is 18.0. The van der Waals surface area contributed by atoms with Crippen molar-refractivity contribution in [3.63, 3.8) is 0 Å². The summed E-state index contributed by atoms with van der Waals surface area (Å²) in [5.41, 5.74) is 5.32. The van der Waals surface area contributed by atoms with Crippen LogP contribution in [0.25, 0.3) is 0 Å². The van der Waals surface area contributed by atoms with Crippen LogP contribution >= 0.6 is 11.8 Å². The fourth-order valence-corrected chi connectivity index (χ4v) is 2.01. The molecule has 0 unspecified atom stereocenters. The van der Waals surface area contributed by atoms with E-state index < -0.39 is 18.7 Å². The minimum Gasteiger partial charge on any atom is -0.370 e. The highest BCUT2D eigenvalue weighted by atomic mass is 32.2. The summed E-state index contributed by atoms with van der Waals surface area (Å²) >= 11 is 1.36. The van der Waals surface area contributed by atoms with Crippen LogP contribution in [0.1, 0.15) is 19.3 Å². The average molecular weight is 333 g/mol. The van der Waals surface area contributed by atoms with Crippen LogP contribution in [-0.4, -0.2) is 39.4 Å². The fourth-order valence-electron chi connectivity index (χ4n) is 1.21. The van der Waals surface area contributed by atoms with E-state index in [9.17, 15) is 13.2 Å². The van der Waals surface area contributed by atoms with E-state index in [1.54, 1.807) is 0 Å². The van der Waals surface area contributed by atoms with Crippen LogP contribution in [-0.2, 0) is 0 Å². The molecule has 0 saturated carbocycles. The van der Waals surface area contributed by atoms with Gasteiger partial charge in [0.15, 0.2) is 11.1 Å². The number of alkyl halides is 3. The van der Waals surface area contributed by atoms with Crippen molar-refractivity contribution in [1.29, 1.82) is 5.26 Å². The summed E-state index contributed by atoms with van der Waals surface area (Å²) in [7, 11) is 0. The second-order valence-corrected chi connectivity index (χ2v) is 5.06. The Labute approximate surface area is 129 Å². The Morgan fingerprint density at radius 2 is 2.18 bits per heavy atom. The van der Waals surface area contributed by atoms with Gasteiger partial charge in [-0.25, -0.2) is 15.0 Å². The number of anilines is 1. The normalized spacial score (nSPS) is 12.0. The number of aliphatic imine (C=N–C) groups is 1. The molecule has 120 valence electrons. The first-order chi connectivity index (χ1) is 10.4. The van der Waals surface area contributed by atoms with Gasteiger partial charge in [0, 0.05) is 12.2 Å². The lowest BCUT2D eigenvalue weighted by molar-refractivity contribution is -0.118. The van der Waals surface area contributed by atoms with Crippen LogP contribution in [0.4, 0.5) is 19.1 Å². The molecule has 3 N–H and O–H groups in total. The van der Waals surface area contributed by atoms with Crippen LogP contribution in [0, 0.1) is 11.3 Å². The largest absolute Gasteiger partial charge is 0.408 e. The first-order valence-corrected chi connectivity index (χ1v) is 7.22. The molecule has 0 bridgehead atoms. The van der Waals surface area contributed by atoms with Crippen molar-refractivity contribution in [1.82, 2.24) is 15.0 Å². The zero-order valence-corrected chi connectivity index (χ0v) is 12.3. The lowest BCUT2D eigenvalue weighted by atomic mass is 10.3. The molecule has 7 nitrogen and oxygen atoms in total. The molecule has 0 fully saturated rings. The number of nitriles is 1. The predicted octanol–water partition coefficient (Wildman–Crippen LogP) is 1.95. The van der Waals surface area contributed by atoms with Gasteiger partial charge >= 0.3 is 6.18 Å². The van der Waals surface area contributed by atoms with Crippen molar-refractivity contribution in [2.75, 3.05) is 17.6 Å². The van der Waals surface area contributed by atoms with E-state index in [2.05, 4.69) is 31.3 Å². The minimum absolute atomic E-state index is 0.0259. The molecule has 0 atom stereocenters. The number of unbranched alkanes of at least 4 members (excludes halogenated alkanes) is 2. The zero-order chi connectivity index (χ0) is 16.4. The quantitative estimate of drug-likeness (QED) is 0.339. The van der Waals surface area contributed by atoms with E-state index in [1.165, 1.54) is 18.1 Å². The molecule has 0 spiro atoms. The number of rotatable bonds is 7.